The molecule has 1 atom stereocenters. The lowest BCUT2D eigenvalue weighted by molar-refractivity contribution is 0.105. The third-order valence-electron chi connectivity index (χ3n) is 3.92. The average molecular weight is 226 g/mol. The fraction of sp³-hybridized carbons (Fsp3) is 0.917. The highest BCUT2D eigenvalue weighted by atomic mass is 32.1. The van der Waals surface area contributed by atoms with Gasteiger partial charge in [0, 0.05) is 6.04 Å². The Morgan fingerprint density at radius 3 is 2.33 bits per heavy atom. The summed E-state index contributed by atoms with van der Waals surface area (Å²) in [4.78, 5) is 3.32. The first-order valence-electron chi connectivity index (χ1n) is 6.34. The van der Waals surface area contributed by atoms with Gasteiger partial charge < -0.3 is 5.73 Å². The summed E-state index contributed by atoms with van der Waals surface area (Å²) < 4.78 is 0. The molecule has 2 fully saturated rings. The van der Waals surface area contributed by atoms with Crippen molar-refractivity contribution in [1.82, 2.24) is 4.90 Å². The van der Waals surface area contributed by atoms with Crippen LogP contribution in [0.4, 0.5) is 0 Å². The zero-order chi connectivity index (χ0) is 10.7. The highest BCUT2D eigenvalue weighted by Gasteiger charge is 2.30. The third-order valence-corrected chi connectivity index (χ3v) is 4.19. The molecule has 15 heavy (non-hydrogen) atoms. The minimum atomic E-state index is 0.400. The number of thiocarbonyl (C=S) groups is 1. The molecule has 2 N–H and O–H groups in total. The van der Waals surface area contributed by atoms with Crippen molar-refractivity contribution in [3.8, 4) is 0 Å². The summed E-state index contributed by atoms with van der Waals surface area (Å²) in [7, 11) is 0. The van der Waals surface area contributed by atoms with Gasteiger partial charge in [-0.2, -0.15) is 0 Å². The summed E-state index contributed by atoms with van der Waals surface area (Å²) in [6, 6.07) is 1.17. The summed E-state index contributed by atoms with van der Waals surface area (Å²) in [5.74, 6) is 0. The Morgan fingerprint density at radius 2 is 1.67 bits per heavy atom. The van der Waals surface area contributed by atoms with E-state index in [0.29, 0.717) is 6.04 Å². The predicted molar refractivity (Wildman–Crippen MR) is 68.0 cm³/mol. The molecule has 3 heteroatoms. The number of nitrogens with zero attached hydrogens (tertiary/aromatic N) is 1. The second-order valence-corrected chi connectivity index (χ2v) is 5.42. The second-order valence-electron chi connectivity index (χ2n) is 4.94. The van der Waals surface area contributed by atoms with E-state index < -0.39 is 0 Å². The van der Waals surface area contributed by atoms with E-state index in [1.165, 1.54) is 57.9 Å². The van der Waals surface area contributed by atoms with Gasteiger partial charge in [0.1, 0.15) is 0 Å². The highest BCUT2D eigenvalue weighted by molar-refractivity contribution is 7.80. The molecule has 0 aromatic heterocycles. The van der Waals surface area contributed by atoms with E-state index >= 15 is 0 Å². The van der Waals surface area contributed by atoms with Crippen molar-refractivity contribution in [2.24, 2.45) is 5.73 Å². The first kappa shape index (κ1) is 11.3. The minimum Gasteiger partial charge on any atom is -0.392 e. The molecule has 1 aliphatic heterocycles. The van der Waals surface area contributed by atoms with Gasteiger partial charge in [-0.15, -0.1) is 0 Å². The largest absolute Gasteiger partial charge is 0.392 e. The van der Waals surface area contributed by atoms with Crippen molar-refractivity contribution in [2.45, 2.75) is 63.5 Å². The van der Waals surface area contributed by atoms with Gasteiger partial charge in [0.25, 0.3) is 0 Å². The van der Waals surface area contributed by atoms with Gasteiger partial charge in [-0.25, -0.2) is 0 Å². The topological polar surface area (TPSA) is 29.3 Å². The summed E-state index contributed by atoms with van der Waals surface area (Å²) in [5, 5.41) is 0. The molecule has 2 rings (SSSR count). The number of rotatable bonds is 2. The number of piperidine rings is 1. The fourth-order valence-corrected chi connectivity index (χ4v) is 3.36. The van der Waals surface area contributed by atoms with Crippen molar-refractivity contribution in [3.63, 3.8) is 0 Å². The van der Waals surface area contributed by atoms with E-state index in [9.17, 15) is 0 Å². The number of hydrogen-bond donors (Lipinski definition) is 1. The summed E-state index contributed by atoms with van der Waals surface area (Å²) in [6.45, 7) is 1.21. The van der Waals surface area contributed by atoms with Crippen LogP contribution in [0.1, 0.15) is 51.4 Å². The monoisotopic (exact) mass is 226 g/mol. The summed E-state index contributed by atoms with van der Waals surface area (Å²) >= 11 is 5.20. The van der Waals surface area contributed by atoms with E-state index in [1.54, 1.807) is 0 Å². The zero-order valence-electron chi connectivity index (χ0n) is 9.45. The van der Waals surface area contributed by atoms with E-state index in [-0.39, 0.29) is 0 Å². The van der Waals surface area contributed by atoms with Crippen LogP contribution in [-0.4, -0.2) is 28.5 Å². The van der Waals surface area contributed by atoms with Crippen LogP contribution in [0.15, 0.2) is 0 Å². The van der Waals surface area contributed by atoms with Gasteiger partial charge >= 0.3 is 0 Å². The van der Waals surface area contributed by atoms with Gasteiger partial charge in [0.15, 0.2) is 0 Å². The standard InChI is InChI=1S/C12H22N2S/c13-12(15)11-8-4-5-9-14(11)10-6-2-1-3-7-10/h10-11H,1-9H2,(H2,13,15). The number of hydrogen-bond acceptors (Lipinski definition) is 2. The van der Waals surface area contributed by atoms with Crippen LogP contribution >= 0.6 is 12.2 Å². The Hall–Kier alpha value is -0.150. The highest BCUT2D eigenvalue weighted by Crippen LogP contribution is 2.28. The zero-order valence-corrected chi connectivity index (χ0v) is 10.3. The summed E-state index contributed by atoms with van der Waals surface area (Å²) in [6.07, 6.45) is 10.7. The molecule has 0 radical (unpaired) electrons. The molecule has 0 bridgehead atoms. The van der Waals surface area contributed by atoms with Crippen LogP contribution in [0.25, 0.3) is 0 Å². The first-order chi connectivity index (χ1) is 7.29. The Labute approximate surface area is 98.2 Å². The lowest BCUT2D eigenvalue weighted by Crippen LogP contribution is -2.52. The molecule has 0 aromatic rings. The molecule has 2 nitrogen and oxygen atoms in total. The van der Waals surface area contributed by atoms with Gasteiger partial charge in [0.05, 0.1) is 11.0 Å². The number of likely N-dealkylation sites (tertiary alicyclic amines) is 1. The van der Waals surface area contributed by atoms with Crippen LogP contribution in [0.3, 0.4) is 0 Å². The Bertz CT molecular complexity index is 224. The SMILES string of the molecule is NC(=S)C1CCCCN1C1CCCCC1. The molecular formula is C12H22N2S. The van der Waals surface area contributed by atoms with Crippen molar-refractivity contribution < 1.29 is 0 Å². The van der Waals surface area contributed by atoms with E-state index in [0.717, 1.165) is 11.0 Å². The normalized spacial score (nSPS) is 30.3. The van der Waals surface area contributed by atoms with Gasteiger partial charge in [-0.1, -0.05) is 37.9 Å². The number of nitrogens with two attached hydrogens (primary N) is 1. The third kappa shape index (κ3) is 2.70. The smallest absolute Gasteiger partial charge is 0.0902 e. The average Bonchev–Trinajstić information content (AvgIpc) is 2.30. The van der Waals surface area contributed by atoms with Crippen LogP contribution in [0.5, 0.6) is 0 Å². The molecule has 1 aliphatic carbocycles. The maximum Gasteiger partial charge on any atom is 0.0902 e. The van der Waals surface area contributed by atoms with Crippen molar-refractivity contribution in [3.05, 3.63) is 0 Å². The van der Waals surface area contributed by atoms with E-state index in [2.05, 4.69) is 4.90 Å². The van der Waals surface area contributed by atoms with Gasteiger partial charge in [-0.3, -0.25) is 4.90 Å². The molecule has 1 saturated carbocycles. The van der Waals surface area contributed by atoms with Crippen LogP contribution in [-0.2, 0) is 0 Å². The van der Waals surface area contributed by atoms with Crippen LogP contribution in [0.2, 0.25) is 0 Å². The quantitative estimate of drug-likeness (QED) is 0.733. The Kier molecular flexibility index (Phi) is 3.98. The molecule has 86 valence electrons. The van der Waals surface area contributed by atoms with Crippen LogP contribution < -0.4 is 5.73 Å². The molecule has 1 saturated heterocycles. The van der Waals surface area contributed by atoms with Gasteiger partial charge in [0.2, 0.25) is 0 Å². The van der Waals surface area contributed by atoms with Crippen molar-refractivity contribution >= 4 is 17.2 Å². The molecule has 1 heterocycles. The van der Waals surface area contributed by atoms with Crippen LogP contribution in [0, 0.1) is 0 Å². The summed E-state index contributed by atoms with van der Waals surface area (Å²) in [5.41, 5.74) is 5.85. The predicted octanol–water partition coefficient (Wildman–Crippen LogP) is 2.46. The lowest BCUT2D eigenvalue weighted by Gasteiger charge is -2.42. The van der Waals surface area contributed by atoms with Crippen molar-refractivity contribution in [1.29, 1.82) is 0 Å². The Morgan fingerprint density at radius 1 is 1.00 bits per heavy atom. The first-order valence-corrected chi connectivity index (χ1v) is 6.75. The second kappa shape index (κ2) is 5.26. The fourth-order valence-electron chi connectivity index (χ4n) is 3.11. The molecule has 1 unspecified atom stereocenters. The maximum absolute atomic E-state index is 5.85. The minimum absolute atomic E-state index is 0.400. The van der Waals surface area contributed by atoms with E-state index in [1.807, 2.05) is 0 Å². The maximum atomic E-state index is 5.85. The van der Waals surface area contributed by atoms with E-state index in [4.69, 9.17) is 18.0 Å². The van der Waals surface area contributed by atoms with Gasteiger partial charge in [-0.05, 0) is 32.2 Å². The Balaban J connectivity index is 1.99. The molecule has 0 amide bonds. The molecular weight excluding hydrogens is 204 g/mol. The molecule has 2 aliphatic rings. The lowest BCUT2D eigenvalue weighted by atomic mass is 9.90. The van der Waals surface area contributed by atoms with Crippen molar-refractivity contribution in [2.75, 3.05) is 6.54 Å². The molecule has 0 aromatic carbocycles. The molecule has 0 spiro atoms.